The molecule has 1 N–H and O–H groups in total. The molecule has 1 aliphatic carbocycles. The first kappa shape index (κ1) is 21.9. The Morgan fingerprint density at radius 2 is 1.88 bits per heavy atom. The maximum Gasteiger partial charge on any atom is 0.308 e. The number of benzene rings is 1. The van der Waals surface area contributed by atoms with E-state index in [-0.39, 0.29) is 11.9 Å². The van der Waals surface area contributed by atoms with Gasteiger partial charge in [-0.2, -0.15) is 5.10 Å². The van der Waals surface area contributed by atoms with Crippen LogP contribution in [0.3, 0.4) is 0 Å². The van der Waals surface area contributed by atoms with E-state index >= 15 is 0 Å². The van der Waals surface area contributed by atoms with Crippen molar-refractivity contribution in [2.24, 2.45) is 13.0 Å². The smallest absolute Gasteiger partial charge is 0.308 e. The van der Waals surface area contributed by atoms with Gasteiger partial charge in [0.25, 0.3) is 0 Å². The van der Waals surface area contributed by atoms with Crippen LogP contribution in [-0.2, 0) is 16.6 Å². The number of ether oxygens (including phenoxy) is 1. The lowest BCUT2D eigenvalue weighted by Crippen LogP contribution is -2.42. The summed E-state index contributed by atoms with van der Waals surface area (Å²) < 4.78 is 6.86. The van der Waals surface area contributed by atoms with Gasteiger partial charge in [0.05, 0.1) is 27.3 Å². The highest BCUT2D eigenvalue weighted by Gasteiger charge is 2.34. The highest BCUT2D eigenvalue weighted by atomic mass is 28.3. The molecule has 0 radical (unpaired) electrons. The lowest BCUT2D eigenvalue weighted by atomic mass is 9.78. The van der Waals surface area contributed by atoms with E-state index in [0.29, 0.717) is 5.92 Å². The number of nitrogens with zero attached hydrogens (tertiary/aromatic N) is 3. The van der Waals surface area contributed by atoms with Gasteiger partial charge in [-0.25, -0.2) is 4.98 Å². The third kappa shape index (κ3) is 3.88. The van der Waals surface area contributed by atoms with Gasteiger partial charge >= 0.3 is 5.97 Å². The average Bonchev–Trinajstić information content (AvgIpc) is 3.42. The van der Waals surface area contributed by atoms with E-state index in [9.17, 15) is 4.79 Å². The first-order valence-electron chi connectivity index (χ1n) is 11.8. The summed E-state index contributed by atoms with van der Waals surface area (Å²) in [4.78, 5) is 20.7. The Balaban J connectivity index is 1.68. The normalized spacial score (nSPS) is 19.3. The van der Waals surface area contributed by atoms with Gasteiger partial charge < -0.3 is 9.72 Å². The minimum absolute atomic E-state index is 0.0267. The molecule has 7 heteroatoms. The molecule has 0 atom stereocenters. The van der Waals surface area contributed by atoms with Crippen LogP contribution in [0.4, 0.5) is 0 Å². The minimum atomic E-state index is -1.65. The molecular weight excluding hydrogens is 428 g/mol. The molecular formula is C26H32N4O2Si. The fraction of sp³-hybridized carbons (Fsp3) is 0.423. The lowest BCUT2D eigenvalue weighted by Gasteiger charge is -2.29. The zero-order valence-corrected chi connectivity index (χ0v) is 21.1. The van der Waals surface area contributed by atoms with Crippen LogP contribution >= 0.6 is 0 Å². The number of hydrogen-bond acceptors (Lipinski definition) is 4. The summed E-state index contributed by atoms with van der Waals surface area (Å²) in [6.45, 7) is 7.18. The van der Waals surface area contributed by atoms with Gasteiger partial charge in [-0.15, -0.1) is 0 Å². The number of H-pyrrole nitrogens is 1. The fourth-order valence-electron chi connectivity index (χ4n) is 5.42. The summed E-state index contributed by atoms with van der Waals surface area (Å²) in [6, 6.07) is 6.62. The van der Waals surface area contributed by atoms with Crippen molar-refractivity contribution in [3.8, 4) is 11.1 Å². The topological polar surface area (TPSA) is 72.8 Å². The van der Waals surface area contributed by atoms with Gasteiger partial charge in [-0.3, -0.25) is 9.48 Å². The van der Waals surface area contributed by atoms with E-state index in [1.165, 1.54) is 34.3 Å². The van der Waals surface area contributed by atoms with E-state index in [0.717, 1.165) is 42.3 Å². The Labute approximate surface area is 195 Å². The highest BCUT2D eigenvalue weighted by Crippen LogP contribution is 2.41. The molecule has 1 aromatic carbocycles. The third-order valence-corrected chi connectivity index (χ3v) is 9.03. The predicted molar refractivity (Wildman–Crippen MR) is 135 cm³/mol. The number of nitrogens with one attached hydrogen (secondary N) is 1. The van der Waals surface area contributed by atoms with Crippen molar-refractivity contribution in [3.05, 3.63) is 42.4 Å². The largest absolute Gasteiger partial charge is 0.469 e. The maximum atomic E-state index is 12.1. The number of fused-ring (bicyclic) bond motifs is 3. The number of rotatable bonds is 4. The maximum absolute atomic E-state index is 12.1. The minimum Gasteiger partial charge on any atom is -0.469 e. The second kappa shape index (κ2) is 8.13. The van der Waals surface area contributed by atoms with Crippen LogP contribution in [-0.4, -0.2) is 40.9 Å². The molecule has 3 heterocycles. The molecule has 1 saturated carbocycles. The number of pyridine rings is 1. The second-order valence-corrected chi connectivity index (χ2v) is 15.4. The molecule has 172 valence electrons. The van der Waals surface area contributed by atoms with Crippen LogP contribution in [0, 0.1) is 5.92 Å². The summed E-state index contributed by atoms with van der Waals surface area (Å²) in [5, 5.41) is 9.41. The van der Waals surface area contributed by atoms with Crippen molar-refractivity contribution >= 4 is 41.2 Å². The summed E-state index contributed by atoms with van der Waals surface area (Å²) in [7, 11) is 1.79. The number of aromatic nitrogens is 4. The monoisotopic (exact) mass is 460 g/mol. The van der Waals surface area contributed by atoms with Gasteiger partial charge in [0.2, 0.25) is 0 Å². The zero-order chi connectivity index (χ0) is 23.3. The number of carbonyl (C=O) groups is 1. The van der Waals surface area contributed by atoms with Crippen LogP contribution in [0.1, 0.15) is 37.2 Å². The van der Waals surface area contributed by atoms with E-state index in [4.69, 9.17) is 9.72 Å². The molecule has 33 heavy (non-hydrogen) atoms. The quantitative estimate of drug-likeness (QED) is 0.339. The zero-order valence-electron chi connectivity index (χ0n) is 20.1. The van der Waals surface area contributed by atoms with Gasteiger partial charge in [-0.05, 0) is 54.2 Å². The number of aromatic amines is 1. The molecule has 1 aliphatic rings. The molecule has 5 rings (SSSR count). The standard InChI is InChI=1S/C26H32N4O2Si/c1-30-15-20(14-28-30)18-10-11-19-13-27-24-23(21(19)12-18)22(25(29-24)33(3,4)5)16-6-8-17(9-7-16)26(31)32-2/h10-17H,6-9H2,1-5H3,(H,27,29). The Morgan fingerprint density at radius 3 is 2.52 bits per heavy atom. The molecule has 6 nitrogen and oxygen atoms in total. The SMILES string of the molecule is COC(=O)C1CCC(c2c([Si](C)(C)C)[nH]c3ncc4ccc(-c5cnn(C)c5)cc4c23)CC1. The Morgan fingerprint density at radius 1 is 1.12 bits per heavy atom. The first-order chi connectivity index (χ1) is 15.8. The van der Waals surface area contributed by atoms with Gasteiger partial charge in [-0.1, -0.05) is 31.8 Å². The van der Waals surface area contributed by atoms with Gasteiger partial charge in [0.15, 0.2) is 0 Å². The van der Waals surface area contributed by atoms with Crippen molar-refractivity contribution in [2.45, 2.75) is 51.2 Å². The molecule has 0 unspecified atom stereocenters. The first-order valence-corrected chi connectivity index (χ1v) is 15.3. The number of hydrogen-bond donors (Lipinski definition) is 1. The van der Waals surface area contributed by atoms with Gasteiger partial charge in [0.1, 0.15) is 5.65 Å². The summed E-state index contributed by atoms with van der Waals surface area (Å²) in [6.07, 6.45) is 9.72. The average molecular weight is 461 g/mol. The summed E-state index contributed by atoms with van der Waals surface area (Å²) in [5.41, 5.74) is 4.70. The number of esters is 1. The number of aryl methyl sites for hydroxylation is 1. The predicted octanol–water partition coefficient (Wildman–Crippen LogP) is 5.11. The van der Waals surface area contributed by atoms with Crippen LogP contribution in [0.15, 0.2) is 36.8 Å². The van der Waals surface area contributed by atoms with E-state index in [2.05, 4.69) is 54.1 Å². The van der Waals surface area contributed by atoms with Gasteiger partial charge in [0, 0.05) is 41.1 Å². The van der Waals surface area contributed by atoms with Crippen molar-refractivity contribution in [3.63, 3.8) is 0 Å². The molecule has 0 bridgehead atoms. The molecule has 0 spiro atoms. The molecule has 0 amide bonds. The molecule has 1 fully saturated rings. The van der Waals surface area contributed by atoms with E-state index in [1.54, 1.807) is 0 Å². The highest BCUT2D eigenvalue weighted by molar-refractivity contribution is 6.88. The van der Waals surface area contributed by atoms with Crippen molar-refractivity contribution in [1.82, 2.24) is 19.7 Å². The lowest BCUT2D eigenvalue weighted by molar-refractivity contribution is -0.146. The Hall–Kier alpha value is -2.93. The number of methoxy groups -OCH3 is 1. The van der Waals surface area contributed by atoms with Crippen LogP contribution < -0.4 is 5.32 Å². The van der Waals surface area contributed by atoms with Crippen LogP contribution in [0.5, 0.6) is 0 Å². The molecule has 0 aliphatic heterocycles. The molecule has 4 aromatic rings. The van der Waals surface area contributed by atoms with Crippen LogP contribution in [0.25, 0.3) is 32.9 Å². The van der Waals surface area contributed by atoms with Crippen molar-refractivity contribution in [1.29, 1.82) is 0 Å². The van der Waals surface area contributed by atoms with Crippen molar-refractivity contribution in [2.75, 3.05) is 7.11 Å². The number of carbonyl (C=O) groups excluding carboxylic acids is 1. The third-order valence-electron chi connectivity index (χ3n) is 7.13. The fourth-order valence-corrected chi connectivity index (χ4v) is 7.05. The summed E-state index contributed by atoms with van der Waals surface area (Å²) >= 11 is 0. The Kier molecular flexibility index (Phi) is 5.39. The van der Waals surface area contributed by atoms with Crippen molar-refractivity contribution < 1.29 is 9.53 Å². The van der Waals surface area contributed by atoms with Crippen LogP contribution in [0.2, 0.25) is 19.6 Å². The van der Waals surface area contributed by atoms with E-state index < -0.39 is 8.07 Å². The molecule has 3 aromatic heterocycles. The molecule has 0 saturated heterocycles. The Bertz CT molecular complexity index is 1340. The van der Waals surface area contributed by atoms with E-state index in [1.807, 2.05) is 24.1 Å². The second-order valence-electron chi connectivity index (χ2n) is 10.4. The summed E-state index contributed by atoms with van der Waals surface area (Å²) in [5.74, 6) is 0.390.